The fraction of sp³-hybridized carbons (Fsp3) is 0.235. The highest BCUT2D eigenvalue weighted by Gasteiger charge is 2.36. The van der Waals surface area contributed by atoms with Gasteiger partial charge in [-0.25, -0.2) is 0 Å². The number of hydrogen-bond acceptors (Lipinski definition) is 4. The molecule has 1 aromatic carbocycles. The first-order valence-electron chi connectivity index (χ1n) is 7.51. The fourth-order valence-corrected chi connectivity index (χ4v) is 3.71. The van der Waals surface area contributed by atoms with Crippen LogP contribution in [0.25, 0.3) is 17.0 Å². The lowest BCUT2D eigenvalue weighted by molar-refractivity contribution is -0.124. The van der Waals surface area contributed by atoms with E-state index in [4.69, 9.17) is 5.73 Å². The highest BCUT2D eigenvalue weighted by atomic mass is 32.2. The molecule has 6 nitrogen and oxygen atoms in total. The normalized spacial score (nSPS) is 16.8. The van der Waals surface area contributed by atoms with Crippen molar-refractivity contribution < 1.29 is 14.4 Å². The number of nitrogens with two attached hydrogens (primary N) is 1. The quantitative estimate of drug-likeness (QED) is 0.865. The maximum Gasteiger partial charge on any atom is 0.293 e. The Bertz CT molecular complexity index is 882. The number of hydrogen-bond donors (Lipinski definition) is 1. The Kier molecular flexibility index (Phi) is 4.19. The van der Waals surface area contributed by atoms with Crippen LogP contribution >= 0.6 is 11.8 Å². The predicted octanol–water partition coefficient (Wildman–Crippen LogP) is 2.57. The van der Waals surface area contributed by atoms with Gasteiger partial charge in [0.15, 0.2) is 0 Å². The van der Waals surface area contributed by atoms with Crippen LogP contribution in [-0.2, 0) is 16.1 Å². The number of benzene rings is 1. The Balaban J connectivity index is 2.06. The summed E-state index contributed by atoms with van der Waals surface area (Å²) in [7, 11) is 0. The van der Waals surface area contributed by atoms with E-state index in [2.05, 4.69) is 0 Å². The summed E-state index contributed by atoms with van der Waals surface area (Å²) >= 11 is 0.934. The lowest BCUT2D eigenvalue weighted by Crippen LogP contribution is -2.34. The summed E-state index contributed by atoms with van der Waals surface area (Å²) < 4.78 is 1.75. The number of rotatable bonds is 4. The molecule has 1 saturated heterocycles. The average Bonchev–Trinajstić information content (AvgIpc) is 2.98. The monoisotopic (exact) mass is 343 g/mol. The fourth-order valence-electron chi connectivity index (χ4n) is 2.76. The zero-order valence-corrected chi connectivity index (χ0v) is 14.2. The molecule has 2 aromatic rings. The SMILES string of the molecule is CC(C)N1C(=O)S/C(=C\c2cn(CC(N)=O)c3ccccc23)C1=O. The maximum atomic E-state index is 12.4. The van der Waals surface area contributed by atoms with Crippen molar-refractivity contribution in [1.29, 1.82) is 0 Å². The second kappa shape index (κ2) is 6.16. The van der Waals surface area contributed by atoms with Crippen LogP contribution < -0.4 is 5.73 Å². The molecule has 0 bridgehead atoms. The molecule has 0 radical (unpaired) electrons. The van der Waals surface area contributed by atoms with Crippen molar-refractivity contribution in [3.8, 4) is 0 Å². The first kappa shape index (κ1) is 16.3. The van der Waals surface area contributed by atoms with Crippen LogP contribution in [0.2, 0.25) is 0 Å². The van der Waals surface area contributed by atoms with Gasteiger partial charge in [-0.1, -0.05) is 18.2 Å². The number of thioether (sulfide) groups is 1. The van der Waals surface area contributed by atoms with Gasteiger partial charge in [-0.15, -0.1) is 0 Å². The van der Waals surface area contributed by atoms with Gasteiger partial charge in [0.1, 0.15) is 6.54 Å². The average molecular weight is 343 g/mol. The molecule has 124 valence electrons. The molecule has 0 aliphatic carbocycles. The van der Waals surface area contributed by atoms with E-state index < -0.39 is 5.91 Å². The van der Waals surface area contributed by atoms with Crippen LogP contribution in [0.15, 0.2) is 35.4 Å². The van der Waals surface area contributed by atoms with E-state index in [9.17, 15) is 14.4 Å². The third kappa shape index (κ3) is 2.82. The van der Waals surface area contributed by atoms with E-state index in [0.29, 0.717) is 4.91 Å². The molecule has 3 rings (SSSR count). The summed E-state index contributed by atoms with van der Waals surface area (Å²) in [5.41, 5.74) is 6.93. The van der Waals surface area contributed by atoms with Gasteiger partial charge in [-0.05, 0) is 37.8 Å². The molecule has 2 N–H and O–H groups in total. The number of carbonyl (C=O) groups is 3. The minimum atomic E-state index is -0.442. The summed E-state index contributed by atoms with van der Waals surface area (Å²) in [5.74, 6) is -0.728. The third-order valence-electron chi connectivity index (χ3n) is 3.77. The predicted molar refractivity (Wildman–Crippen MR) is 94.1 cm³/mol. The molecule has 1 aliphatic heterocycles. The van der Waals surface area contributed by atoms with Gasteiger partial charge in [0, 0.05) is 28.7 Å². The molecule has 0 atom stereocenters. The van der Waals surface area contributed by atoms with Gasteiger partial charge >= 0.3 is 0 Å². The molecule has 0 spiro atoms. The number of fused-ring (bicyclic) bond motifs is 1. The third-order valence-corrected chi connectivity index (χ3v) is 4.66. The van der Waals surface area contributed by atoms with Gasteiger partial charge < -0.3 is 10.3 Å². The van der Waals surface area contributed by atoms with Crippen LogP contribution in [0.1, 0.15) is 19.4 Å². The maximum absolute atomic E-state index is 12.4. The number of carbonyl (C=O) groups excluding carboxylic acids is 3. The van der Waals surface area contributed by atoms with E-state index in [1.807, 2.05) is 24.3 Å². The van der Waals surface area contributed by atoms with Crippen LogP contribution in [0.3, 0.4) is 0 Å². The van der Waals surface area contributed by atoms with E-state index in [-0.39, 0.29) is 23.7 Å². The van der Waals surface area contributed by atoms with Gasteiger partial charge in [-0.3, -0.25) is 19.3 Å². The van der Waals surface area contributed by atoms with Gasteiger partial charge in [0.2, 0.25) is 5.91 Å². The van der Waals surface area contributed by atoms with E-state index in [1.54, 1.807) is 30.7 Å². The number of amides is 3. The lowest BCUT2D eigenvalue weighted by Gasteiger charge is -2.16. The summed E-state index contributed by atoms with van der Waals surface area (Å²) in [6.45, 7) is 3.66. The Labute approximate surface area is 143 Å². The second-order valence-electron chi connectivity index (χ2n) is 5.84. The Hall–Kier alpha value is -2.54. The van der Waals surface area contributed by atoms with Crippen molar-refractivity contribution in [3.05, 3.63) is 40.9 Å². The van der Waals surface area contributed by atoms with Gasteiger partial charge in [0.05, 0.1) is 4.91 Å². The highest BCUT2D eigenvalue weighted by Crippen LogP contribution is 2.35. The molecule has 7 heteroatoms. The van der Waals surface area contributed by atoms with Crippen molar-refractivity contribution in [2.24, 2.45) is 5.73 Å². The molecular formula is C17H17N3O3S. The van der Waals surface area contributed by atoms with Crippen LogP contribution in [0.4, 0.5) is 4.79 Å². The minimum Gasteiger partial charge on any atom is -0.368 e. The molecular weight excluding hydrogens is 326 g/mol. The molecule has 3 amide bonds. The largest absolute Gasteiger partial charge is 0.368 e. The number of imide groups is 1. The molecule has 0 saturated carbocycles. The molecule has 2 heterocycles. The topological polar surface area (TPSA) is 85.4 Å². The molecule has 0 unspecified atom stereocenters. The second-order valence-corrected chi connectivity index (χ2v) is 6.83. The Morgan fingerprint density at radius 2 is 2.00 bits per heavy atom. The van der Waals surface area contributed by atoms with Crippen molar-refractivity contribution in [2.75, 3.05) is 0 Å². The lowest BCUT2D eigenvalue weighted by atomic mass is 10.1. The molecule has 1 aliphatic rings. The summed E-state index contributed by atoms with van der Waals surface area (Å²) in [6.07, 6.45) is 3.48. The Morgan fingerprint density at radius 1 is 1.29 bits per heavy atom. The Morgan fingerprint density at radius 3 is 2.62 bits per heavy atom. The van der Waals surface area contributed by atoms with Gasteiger partial charge in [-0.2, -0.15) is 0 Å². The summed E-state index contributed by atoms with van der Waals surface area (Å²) in [6, 6.07) is 7.37. The molecule has 1 aromatic heterocycles. The molecule has 24 heavy (non-hydrogen) atoms. The van der Waals surface area contributed by atoms with Crippen molar-refractivity contribution in [1.82, 2.24) is 9.47 Å². The van der Waals surface area contributed by atoms with E-state index in [1.165, 1.54) is 4.90 Å². The number of nitrogens with zero attached hydrogens (tertiary/aromatic N) is 2. The van der Waals surface area contributed by atoms with Crippen LogP contribution in [0, 0.1) is 0 Å². The molecule has 1 fully saturated rings. The zero-order chi connectivity index (χ0) is 17.4. The minimum absolute atomic E-state index is 0.0574. The van der Waals surface area contributed by atoms with E-state index in [0.717, 1.165) is 28.2 Å². The van der Waals surface area contributed by atoms with Gasteiger partial charge in [0.25, 0.3) is 11.1 Å². The first-order chi connectivity index (χ1) is 11.4. The zero-order valence-electron chi connectivity index (χ0n) is 13.4. The van der Waals surface area contributed by atoms with Crippen molar-refractivity contribution >= 4 is 45.8 Å². The van der Waals surface area contributed by atoms with Crippen LogP contribution in [0.5, 0.6) is 0 Å². The first-order valence-corrected chi connectivity index (χ1v) is 8.33. The smallest absolute Gasteiger partial charge is 0.293 e. The summed E-state index contributed by atoms with van der Waals surface area (Å²) in [5, 5.41) is 0.636. The van der Waals surface area contributed by atoms with E-state index >= 15 is 0 Å². The number of para-hydroxylation sites is 1. The summed E-state index contributed by atoms with van der Waals surface area (Å²) in [4.78, 5) is 37.3. The highest BCUT2D eigenvalue weighted by molar-refractivity contribution is 8.18. The number of aromatic nitrogens is 1. The van der Waals surface area contributed by atoms with Crippen LogP contribution in [-0.4, -0.2) is 32.6 Å². The number of primary amides is 1. The van der Waals surface area contributed by atoms with Crippen molar-refractivity contribution in [3.63, 3.8) is 0 Å². The van der Waals surface area contributed by atoms with Crippen molar-refractivity contribution in [2.45, 2.75) is 26.4 Å². The standard InChI is InChI=1S/C17H17N3O3S/c1-10(2)20-16(22)14(24-17(20)23)7-11-8-19(9-15(18)21)13-6-4-3-5-12(11)13/h3-8,10H,9H2,1-2H3,(H2,18,21)/b14-7-.